The van der Waals surface area contributed by atoms with Gasteiger partial charge in [0.25, 0.3) is 5.91 Å². The van der Waals surface area contributed by atoms with E-state index >= 15 is 0 Å². The molecular weight excluding hydrogens is 220 g/mol. The standard InChI is InChI=1S/C12H16N2OS/c13-11-4-2-10(3-5-11)12(15)14-6-1-8-16-9-7-14/h2-5H,1,6-9,13H2. The molecule has 1 amide bonds. The van der Waals surface area contributed by atoms with Crippen molar-refractivity contribution >= 4 is 23.4 Å². The van der Waals surface area contributed by atoms with E-state index in [4.69, 9.17) is 5.73 Å². The molecule has 1 aliphatic rings. The third-order valence-electron chi connectivity index (χ3n) is 2.67. The predicted octanol–water partition coefficient (Wildman–Crippen LogP) is 1.85. The van der Waals surface area contributed by atoms with Gasteiger partial charge in [-0.3, -0.25) is 4.79 Å². The van der Waals surface area contributed by atoms with Crippen LogP contribution in [0.3, 0.4) is 0 Å². The minimum atomic E-state index is 0.127. The number of nitrogens with zero attached hydrogens (tertiary/aromatic N) is 1. The number of carbonyl (C=O) groups is 1. The molecule has 1 aromatic rings. The van der Waals surface area contributed by atoms with Crippen molar-refractivity contribution in [1.82, 2.24) is 4.90 Å². The minimum absolute atomic E-state index is 0.127. The topological polar surface area (TPSA) is 46.3 Å². The molecule has 1 heterocycles. The second kappa shape index (κ2) is 5.25. The number of hydrogen-bond donors (Lipinski definition) is 1. The Bertz CT molecular complexity index is 356. The smallest absolute Gasteiger partial charge is 0.253 e. The Morgan fingerprint density at radius 2 is 1.94 bits per heavy atom. The summed E-state index contributed by atoms with van der Waals surface area (Å²) in [5, 5.41) is 0. The highest BCUT2D eigenvalue weighted by atomic mass is 32.2. The molecule has 0 atom stereocenters. The average molecular weight is 236 g/mol. The van der Waals surface area contributed by atoms with Crippen LogP contribution in [0.25, 0.3) is 0 Å². The number of benzene rings is 1. The van der Waals surface area contributed by atoms with Gasteiger partial charge in [0.2, 0.25) is 0 Å². The third-order valence-corrected chi connectivity index (χ3v) is 3.72. The maximum Gasteiger partial charge on any atom is 0.253 e. The highest BCUT2D eigenvalue weighted by Crippen LogP contribution is 2.14. The van der Waals surface area contributed by atoms with Crippen molar-refractivity contribution in [3.63, 3.8) is 0 Å². The molecule has 0 aromatic heterocycles. The number of rotatable bonds is 1. The molecule has 0 saturated carbocycles. The molecule has 86 valence electrons. The van der Waals surface area contributed by atoms with Gasteiger partial charge < -0.3 is 10.6 Å². The van der Waals surface area contributed by atoms with E-state index in [1.165, 1.54) is 0 Å². The number of nitrogens with two attached hydrogens (primary N) is 1. The number of hydrogen-bond acceptors (Lipinski definition) is 3. The van der Waals surface area contributed by atoms with Gasteiger partial charge >= 0.3 is 0 Å². The Labute approximate surface area is 100.0 Å². The summed E-state index contributed by atoms with van der Waals surface area (Å²) in [6.07, 6.45) is 1.09. The first kappa shape index (κ1) is 11.3. The Balaban J connectivity index is 2.08. The molecule has 1 aliphatic heterocycles. The Morgan fingerprint density at radius 3 is 2.69 bits per heavy atom. The zero-order chi connectivity index (χ0) is 11.4. The van der Waals surface area contributed by atoms with Crippen molar-refractivity contribution in [2.75, 3.05) is 30.3 Å². The van der Waals surface area contributed by atoms with Crippen LogP contribution in [0.1, 0.15) is 16.8 Å². The lowest BCUT2D eigenvalue weighted by Gasteiger charge is -2.19. The third kappa shape index (κ3) is 2.70. The maximum atomic E-state index is 12.1. The number of nitrogen functional groups attached to an aromatic ring is 1. The van der Waals surface area contributed by atoms with Crippen molar-refractivity contribution in [3.8, 4) is 0 Å². The summed E-state index contributed by atoms with van der Waals surface area (Å²) in [5.41, 5.74) is 7.04. The largest absolute Gasteiger partial charge is 0.399 e. The van der Waals surface area contributed by atoms with E-state index in [9.17, 15) is 4.79 Å². The van der Waals surface area contributed by atoms with Gasteiger partial charge in [-0.05, 0) is 36.4 Å². The van der Waals surface area contributed by atoms with Gasteiger partial charge in [0.1, 0.15) is 0 Å². The first-order chi connectivity index (χ1) is 7.77. The number of carbonyl (C=O) groups excluding carboxylic acids is 1. The molecule has 1 aromatic carbocycles. The number of amides is 1. The van der Waals surface area contributed by atoms with Crippen LogP contribution in [0.15, 0.2) is 24.3 Å². The van der Waals surface area contributed by atoms with E-state index in [0.29, 0.717) is 5.69 Å². The summed E-state index contributed by atoms with van der Waals surface area (Å²) in [7, 11) is 0. The van der Waals surface area contributed by atoms with E-state index in [0.717, 1.165) is 36.6 Å². The highest BCUT2D eigenvalue weighted by molar-refractivity contribution is 7.99. The maximum absolute atomic E-state index is 12.1. The first-order valence-corrected chi connectivity index (χ1v) is 6.65. The fourth-order valence-electron chi connectivity index (χ4n) is 1.76. The van der Waals surface area contributed by atoms with Crippen LogP contribution in [0.4, 0.5) is 5.69 Å². The molecule has 0 spiro atoms. The minimum Gasteiger partial charge on any atom is -0.399 e. The van der Waals surface area contributed by atoms with Crippen molar-refractivity contribution in [2.24, 2.45) is 0 Å². The second-order valence-corrected chi connectivity index (χ2v) is 5.10. The Hall–Kier alpha value is -1.16. The quantitative estimate of drug-likeness (QED) is 0.757. The lowest BCUT2D eigenvalue weighted by molar-refractivity contribution is 0.0768. The van der Waals surface area contributed by atoms with Gasteiger partial charge in [0.15, 0.2) is 0 Å². The molecule has 1 fully saturated rings. The van der Waals surface area contributed by atoms with Crippen LogP contribution in [-0.2, 0) is 0 Å². The average Bonchev–Trinajstić information content (AvgIpc) is 2.57. The molecule has 0 radical (unpaired) electrons. The van der Waals surface area contributed by atoms with Crippen molar-refractivity contribution in [1.29, 1.82) is 0 Å². The van der Waals surface area contributed by atoms with Gasteiger partial charge in [-0.15, -0.1) is 0 Å². The number of anilines is 1. The molecule has 2 N–H and O–H groups in total. The molecule has 4 heteroatoms. The first-order valence-electron chi connectivity index (χ1n) is 5.50. The molecule has 2 rings (SSSR count). The van der Waals surface area contributed by atoms with Crippen LogP contribution in [0, 0.1) is 0 Å². The zero-order valence-corrected chi connectivity index (χ0v) is 10.0. The van der Waals surface area contributed by atoms with Crippen LogP contribution in [-0.4, -0.2) is 35.4 Å². The van der Waals surface area contributed by atoms with E-state index in [2.05, 4.69) is 0 Å². The van der Waals surface area contributed by atoms with Gasteiger partial charge in [0.05, 0.1) is 0 Å². The van der Waals surface area contributed by atoms with Gasteiger partial charge in [-0.1, -0.05) is 0 Å². The molecule has 1 saturated heterocycles. The summed E-state index contributed by atoms with van der Waals surface area (Å²) in [6, 6.07) is 7.16. The summed E-state index contributed by atoms with van der Waals surface area (Å²) in [4.78, 5) is 14.1. The van der Waals surface area contributed by atoms with Crippen molar-refractivity contribution in [3.05, 3.63) is 29.8 Å². The molecule has 3 nitrogen and oxygen atoms in total. The molecule has 16 heavy (non-hydrogen) atoms. The van der Waals surface area contributed by atoms with Crippen molar-refractivity contribution < 1.29 is 4.79 Å². The lowest BCUT2D eigenvalue weighted by atomic mass is 10.2. The second-order valence-electron chi connectivity index (χ2n) is 3.88. The van der Waals surface area contributed by atoms with Crippen LogP contribution >= 0.6 is 11.8 Å². The zero-order valence-electron chi connectivity index (χ0n) is 9.19. The monoisotopic (exact) mass is 236 g/mol. The number of thioether (sulfide) groups is 1. The van der Waals surface area contributed by atoms with E-state index in [1.54, 1.807) is 24.3 Å². The SMILES string of the molecule is Nc1ccc(C(=O)N2CCCSCC2)cc1. The molecule has 0 unspecified atom stereocenters. The lowest BCUT2D eigenvalue weighted by Crippen LogP contribution is -2.32. The Morgan fingerprint density at radius 1 is 1.19 bits per heavy atom. The summed E-state index contributed by atoms with van der Waals surface area (Å²) in [5.74, 6) is 2.33. The summed E-state index contributed by atoms with van der Waals surface area (Å²) >= 11 is 1.92. The van der Waals surface area contributed by atoms with Crippen LogP contribution in [0.2, 0.25) is 0 Å². The fourth-order valence-corrected chi connectivity index (χ4v) is 2.64. The highest BCUT2D eigenvalue weighted by Gasteiger charge is 2.16. The van der Waals surface area contributed by atoms with Crippen LogP contribution < -0.4 is 5.73 Å². The molecular formula is C12H16N2OS. The fraction of sp³-hybridized carbons (Fsp3) is 0.417. The predicted molar refractivity (Wildman–Crippen MR) is 68.7 cm³/mol. The normalized spacial score (nSPS) is 16.9. The van der Waals surface area contributed by atoms with Crippen LogP contribution in [0.5, 0.6) is 0 Å². The van der Waals surface area contributed by atoms with Gasteiger partial charge in [-0.2, -0.15) is 11.8 Å². The van der Waals surface area contributed by atoms with E-state index < -0.39 is 0 Å². The molecule has 0 bridgehead atoms. The summed E-state index contributed by atoms with van der Waals surface area (Å²) < 4.78 is 0. The van der Waals surface area contributed by atoms with Gasteiger partial charge in [0, 0.05) is 30.1 Å². The van der Waals surface area contributed by atoms with Gasteiger partial charge in [-0.25, -0.2) is 0 Å². The van der Waals surface area contributed by atoms with Crippen molar-refractivity contribution in [2.45, 2.75) is 6.42 Å². The van der Waals surface area contributed by atoms with E-state index in [-0.39, 0.29) is 5.91 Å². The molecule has 0 aliphatic carbocycles. The summed E-state index contributed by atoms with van der Waals surface area (Å²) in [6.45, 7) is 1.73. The van der Waals surface area contributed by atoms with E-state index in [1.807, 2.05) is 16.7 Å². The Kier molecular flexibility index (Phi) is 3.72.